The average Bonchev–Trinajstić information content (AvgIpc) is 1.27. The first-order valence-corrected chi connectivity index (χ1v) is 1.99. The van der Waals surface area contributed by atoms with Crippen molar-refractivity contribution in [3.8, 4) is 0 Å². The minimum atomic E-state index is -0.187. The topological polar surface area (TPSA) is 40.1 Å². The Balaban J connectivity index is 0. The van der Waals surface area contributed by atoms with Crippen molar-refractivity contribution < 1.29 is 36.1 Å². The second kappa shape index (κ2) is 5.23. The van der Waals surface area contributed by atoms with Gasteiger partial charge in [-0.3, -0.25) is 4.79 Å². The summed E-state index contributed by atoms with van der Waals surface area (Å²) in [7, 11) is 0. The third-order valence-corrected chi connectivity index (χ3v) is 0.407. The Hall–Kier alpha value is 0.0931. The fraction of sp³-hybridized carbons (Fsp3) is 0.400. The van der Waals surface area contributed by atoms with Gasteiger partial charge in [0.25, 0.3) is 0 Å². The van der Waals surface area contributed by atoms with Gasteiger partial charge in [0.15, 0.2) is 5.78 Å². The Bertz CT molecular complexity index is 103. The van der Waals surface area contributed by atoms with Gasteiger partial charge < -0.3 is 5.11 Å². The number of carbonyl (C=O) groups excluding carboxylic acids is 1. The van der Waals surface area contributed by atoms with Gasteiger partial charge in [-0.05, 0) is 13.0 Å². The molecule has 2 nitrogen and oxygen atoms in total. The Morgan fingerprint density at radius 2 is 1.88 bits per heavy atom. The smallest absolute Gasteiger partial charge is 0.876 e. The average molecular weight is 190 g/mol. The molecule has 0 aliphatic carbocycles. The first kappa shape index (κ1) is 11.0. The molecule has 0 bridgehead atoms. The van der Waals surface area contributed by atoms with E-state index in [9.17, 15) is 9.90 Å². The normalized spacial score (nSPS) is 10.0. The van der Waals surface area contributed by atoms with Crippen molar-refractivity contribution in [2.45, 2.75) is 13.8 Å². The van der Waals surface area contributed by atoms with Crippen LogP contribution in [0.5, 0.6) is 0 Å². The predicted molar refractivity (Wildman–Crippen MR) is 24.4 cm³/mol. The zero-order chi connectivity index (χ0) is 5.86. The zero-order valence-electron chi connectivity index (χ0n) is 4.89. The van der Waals surface area contributed by atoms with E-state index in [4.69, 9.17) is 0 Å². The van der Waals surface area contributed by atoms with E-state index in [0.717, 1.165) is 6.08 Å². The maximum absolute atomic E-state index is 9.98. The molecule has 0 spiro atoms. The van der Waals surface area contributed by atoms with E-state index in [1.165, 1.54) is 13.8 Å². The molecule has 0 rings (SSSR count). The van der Waals surface area contributed by atoms with Crippen molar-refractivity contribution in [1.82, 2.24) is 0 Å². The van der Waals surface area contributed by atoms with E-state index in [1.807, 2.05) is 0 Å². The Labute approximate surface area is 67.7 Å². The molecule has 0 saturated carbocycles. The van der Waals surface area contributed by atoms with Gasteiger partial charge in [-0.25, -0.2) is 0 Å². The van der Waals surface area contributed by atoms with Gasteiger partial charge >= 0.3 is 26.2 Å². The van der Waals surface area contributed by atoms with Crippen molar-refractivity contribution in [3.63, 3.8) is 0 Å². The van der Waals surface area contributed by atoms with Crippen LogP contribution in [-0.2, 0) is 31.0 Å². The molecule has 0 saturated heterocycles. The molecular weight excluding hydrogens is 183 g/mol. The van der Waals surface area contributed by atoms with E-state index >= 15 is 0 Å². The van der Waals surface area contributed by atoms with Crippen LogP contribution < -0.4 is 5.11 Å². The molecule has 0 atom stereocenters. The second-order valence-corrected chi connectivity index (χ2v) is 1.37. The Kier molecular flexibility index (Phi) is 7.18. The number of carbonyl (C=O) groups is 1. The van der Waals surface area contributed by atoms with E-state index in [-0.39, 0.29) is 37.7 Å². The molecule has 0 aromatic carbocycles. The van der Waals surface area contributed by atoms with Gasteiger partial charge in [0, 0.05) is 0 Å². The van der Waals surface area contributed by atoms with Crippen LogP contribution in [0.2, 0.25) is 0 Å². The zero-order valence-corrected chi connectivity index (χ0v) is 7.35. The number of hydrogen-bond donors (Lipinski definition) is 0. The van der Waals surface area contributed by atoms with Crippen LogP contribution in [0.4, 0.5) is 0 Å². The van der Waals surface area contributed by atoms with E-state index < -0.39 is 0 Å². The van der Waals surface area contributed by atoms with E-state index in [2.05, 4.69) is 0 Å². The Morgan fingerprint density at radius 3 is 1.88 bits per heavy atom. The summed E-state index contributed by atoms with van der Waals surface area (Å²) in [5, 5.41) is 9.98. The summed E-state index contributed by atoms with van der Waals surface area (Å²) >= 11 is 0. The molecule has 3 heteroatoms. The van der Waals surface area contributed by atoms with Gasteiger partial charge in [0.05, 0.1) is 0 Å². The number of hydrogen-bond acceptors (Lipinski definition) is 2. The van der Waals surface area contributed by atoms with Crippen molar-refractivity contribution >= 4 is 5.78 Å². The molecule has 0 fully saturated rings. The van der Waals surface area contributed by atoms with Gasteiger partial charge in [-0.15, -0.1) is 5.76 Å². The van der Waals surface area contributed by atoms with Gasteiger partial charge in [0.2, 0.25) is 0 Å². The minimum Gasteiger partial charge on any atom is -0.876 e. The molecule has 40 valence electrons. The van der Waals surface area contributed by atoms with Crippen LogP contribution in [-0.4, -0.2) is 5.78 Å². The van der Waals surface area contributed by atoms with Crippen LogP contribution in [0.3, 0.4) is 0 Å². The molecule has 0 N–H and O–H groups in total. The molecular formula is C5H7O2Zr+3. The first-order chi connectivity index (χ1) is 3.13. The van der Waals surface area contributed by atoms with Crippen LogP contribution in [0, 0.1) is 0 Å². The van der Waals surface area contributed by atoms with Crippen molar-refractivity contribution in [3.05, 3.63) is 11.8 Å². The molecule has 0 aromatic rings. The monoisotopic (exact) mass is 189 g/mol. The fourth-order valence-corrected chi connectivity index (χ4v) is 0.286. The SMILES string of the molecule is CC(=O)/C=C(/C)[O-].[Zr+4]. The maximum atomic E-state index is 9.98. The standard InChI is InChI=1S/C5H8O2.Zr/c1-4(6)3-5(2)7;/h3,6H,1-2H3;/q;+4/p-1/b4-3-;. The van der Waals surface area contributed by atoms with Crippen molar-refractivity contribution in [2.24, 2.45) is 0 Å². The summed E-state index contributed by atoms with van der Waals surface area (Å²) in [6, 6.07) is 0. The summed E-state index contributed by atoms with van der Waals surface area (Å²) in [6.07, 6.45) is 1.06. The largest absolute Gasteiger partial charge is 4.00 e. The summed E-state index contributed by atoms with van der Waals surface area (Å²) in [5.74, 6) is -0.375. The van der Waals surface area contributed by atoms with Crippen molar-refractivity contribution in [1.29, 1.82) is 0 Å². The maximum Gasteiger partial charge on any atom is 4.00 e. The molecule has 0 aromatic heterocycles. The molecule has 0 aliphatic heterocycles. The van der Waals surface area contributed by atoms with Crippen molar-refractivity contribution in [2.75, 3.05) is 0 Å². The third-order valence-electron chi connectivity index (χ3n) is 0.407. The molecule has 0 radical (unpaired) electrons. The molecule has 0 unspecified atom stereocenters. The molecule has 0 aliphatic rings. The number of rotatable bonds is 1. The van der Waals surface area contributed by atoms with Gasteiger partial charge in [0.1, 0.15) is 0 Å². The third kappa shape index (κ3) is 9.43. The first-order valence-electron chi connectivity index (χ1n) is 1.99. The minimum absolute atomic E-state index is 0. The Morgan fingerprint density at radius 1 is 1.50 bits per heavy atom. The summed E-state index contributed by atoms with van der Waals surface area (Å²) in [4.78, 5) is 9.98. The van der Waals surface area contributed by atoms with Crippen LogP contribution >= 0.6 is 0 Å². The number of ketones is 1. The van der Waals surface area contributed by atoms with Crippen LogP contribution in [0.25, 0.3) is 0 Å². The van der Waals surface area contributed by atoms with Crippen LogP contribution in [0.15, 0.2) is 11.8 Å². The van der Waals surface area contributed by atoms with Crippen LogP contribution in [0.1, 0.15) is 13.8 Å². The predicted octanol–water partition coefficient (Wildman–Crippen LogP) is -0.163. The van der Waals surface area contributed by atoms with Gasteiger partial charge in [-0.1, -0.05) is 6.92 Å². The summed E-state index contributed by atoms with van der Waals surface area (Å²) in [5.41, 5.74) is 0. The molecule has 0 heterocycles. The molecule has 8 heavy (non-hydrogen) atoms. The number of allylic oxidation sites excluding steroid dienone is 2. The molecule has 0 amide bonds. The van der Waals surface area contributed by atoms with E-state index in [1.54, 1.807) is 0 Å². The summed E-state index contributed by atoms with van der Waals surface area (Å²) in [6.45, 7) is 2.70. The quantitative estimate of drug-likeness (QED) is 0.426. The van der Waals surface area contributed by atoms with Gasteiger partial charge in [-0.2, -0.15) is 0 Å². The van der Waals surface area contributed by atoms with E-state index in [0.29, 0.717) is 0 Å². The summed E-state index contributed by atoms with van der Waals surface area (Å²) < 4.78 is 0. The fourth-order valence-electron chi connectivity index (χ4n) is 0.286. The second-order valence-electron chi connectivity index (χ2n) is 1.37.